The van der Waals surface area contributed by atoms with E-state index in [0.29, 0.717) is 5.69 Å². The van der Waals surface area contributed by atoms with Crippen molar-refractivity contribution < 1.29 is 43.4 Å². The van der Waals surface area contributed by atoms with E-state index in [0.717, 1.165) is 54.0 Å². The number of aliphatic carboxylic acids is 1. The number of carbonyl (C=O) groups excluding carboxylic acids is 3. The highest BCUT2D eigenvalue weighted by Gasteiger charge is 2.47. The van der Waals surface area contributed by atoms with Gasteiger partial charge in [-0.05, 0) is 46.6 Å². The van der Waals surface area contributed by atoms with Gasteiger partial charge in [0.2, 0.25) is 11.8 Å². The number of hydrogen-bond donors (Lipinski definition) is 7. The van der Waals surface area contributed by atoms with Crippen molar-refractivity contribution in [2.75, 3.05) is 0 Å². The third-order valence-corrected chi connectivity index (χ3v) is 12.1. The fraction of sp³-hybridized carbons (Fsp3) is 0.452. The molecule has 3 amide bonds. The predicted molar refractivity (Wildman–Crippen MR) is 215 cm³/mol. The molecule has 1 fully saturated rings. The minimum Gasteiger partial charge on any atom is -0.481 e. The number of nitrogens with one attached hydrogen (secondary N) is 4. The van der Waals surface area contributed by atoms with Crippen LogP contribution in [-0.2, 0) is 43.1 Å². The molecular formula is C42H54N5O9P. The zero-order valence-corrected chi connectivity index (χ0v) is 33.3. The number of alkyl carbamates (subject to hydrolysis) is 1. The maximum atomic E-state index is 14.5. The molecule has 14 nitrogen and oxygen atoms in total. The summed E-state index contributed by atoms with van der Waals surface area (Å²) in [5.74, 6) is -4.48. The lowest BCUT2D eigenvalue weighted by Crippen LogP contribution is -2.58. The fourth-order valence-corrected chi connectivity index (χ4v) is 9.28. The molecule has 0 radical (unpaired) electrons. The third-order valence-electron chi connectivity index (χ3n) is 10.6. The maximum Gasteiger partial charge on any atom is 0.408 e. The number of ether oxygens (including phenoxy) is 1. The van der Waals surface area contributed by atoms with E-state index in [-0.39, 0.29) is 44.1 Å². The summed E-state index contributed by atoms with van der Waals surface area (Å²) in [6, 6.07) is 18.5. The number of H-pyrrole nitrogens is 1. The van der Waals surface area contributed by atoms with Crippen molar-refractivity contribution in [2.45, 2.75) is 102 Å². The van der Waals surface area contributed by atoms with Crippen LogP contribution in [0.3, 0.4) is 0 Å². The Morgan fingerprint density at radius 1 is 0.860 bits per heavy atom. The van der Waals surface area contributed by atoms with Gasteiger partial charge in [-0.3, -0.25) is 18.9 Å². The molecule has 1 aliphatic carbocycles. The van der Waals surface area contributed by atoms with Crippen LogP contribution in [0.5, 0.6) is 0 Å². The lowest BCUT2D eigenvalue weighted by atomic mass is 9.81. The quantitative estimate of drug-likeness (QED) is 0.0559. The molecule has 306 valence electrons. The standard InChI is InChI=1S/C42H54N5O9P/c1-27(2)20-34(41(50)51)38(57(53,54)55)35(21-28-12-5-3-6-13-28)45-40(49)37(23-32-24-43-26-44-32)46-39(48)36(47-42(52)56-25-29-14-7-4-8-15-29)22-31-18-11-17-30-16-9-10-19-33(30)31/h4,7-11,14-19,24,26-28,34-38H,3,5-6,12-13,20-23,25H2,1-2H3,(H,43,44)(H,45,49)(H,46,48)(H,47,52)(H,50,51)(H2,53,54,55)/t34?,35?,36?,37-,38?/m0/s1. The molecule has 5 atom stereocenters. The molecule has 7 N–H and O–H groups in total. The van der Waals surface area contributed by atoms with Crippen LogP contribution in [0.1, 0.15) is 75.6 Å². The van der Waals surface area contributed by atoms with E-state index < -0.39 is 61.2 Å². The van der Waals surface area contributed by atoms with Gasteiger partial charge in [-0.15, -0.1) is 0 Å². The molecule has 5 rings (SSSR count). The Morgan fingerprint density at radius 2 is 1.53 bits per heavy atom. The summed E-state index contributed by atoms with van der Waals surface area (Å²) in [7, 11) is -5.12. The van der Waals surface area contributed by atoms with Gasteiger partial charge in [0, 0.05) is 30.8 Å². The molecule has 3 aromatic carbocycles. The minimum atomic E-state index is -5.12. The SMILES string of the molecule is CC(C)CC(C(=O)O)C(C(CC1CCCCC1)NC(=O)[C@H](Cc1cnc[nH]1)NC(=O)C(Cc1cccc2ccccc12)NC(=O)OCc1ccccc1)P(=O)(O)O. The first-order chi connectivity index (χ1) is 27.3. The summed E-state index contributed by atoms with van der Waals surface area (Å²) in [6.07, 6.45) is 6.53. The number of benzene rings is 3. The largest absolute Gasteiger partial charge is 0.481 e. The van der Waals surface area contributed by atoms with E-state index in [4.69, 9.17) is 4.74 Å². The summed E-state index contributed by atoms with van der Waals surface area (Å²) in [6.45, 7) is 3.51. The van der Waals surface area contributed by atoms with Crippen LogP contribution in [-0.4, -0.2) is 72.5 Å². The predicted octanol–water partition coefficient (Wildman–Crippen LogP) is 5.88. The molecule has 57 heavy (non-hydrogen) atoms. The number of hydrogen-bond acceptors (Lipinski definition) is 7. The zero-order chi connectivity index (χ0) is 41.0. The highest BCUT2D eigenvalue weighted by Crippen LogP contribution is 2.50. The first-order valence-electron chi connectivity index (χ1n) is 19.6. The van der Waals surface area contributed by atoms with Crippen LogP contribution in [0.15, 0.2) is 85.3 Å². The number of amides is 3. The van der Waals surface area contributed by atoms with Gasteiger partial charge in [0.15, 0.2) is 0 Å². The number of carbonyl (C=O) groups is 4. The number of carboxylic acids is 1. The monoisotopic (exact) mass is 803 g/mol. The number of aromatic amines is 1. The highest BCUT2D eigenvalue weighted by molar-refractivity contribution is 7.52. The molecule has 1 heterocycles. The molecule has 1 saturated carbocycles. The molecule has 0 bridgehead atoms. The third kappa shape index (κ3) is 12.7. The van der Waals surface area contributed by atoms with Gasteiger partial charge < -0.3 is 40.6 Å². The highest BCUT2D eigenvalue weighted by atomic mass is 31.2. The molecular weight excluding hydrogens is 749 g/mol. The van der Waals surface area contributed by atoms with Crippen LogP contribution >= 0.6 is 7.60 Å². The molecule has 4 aromatic rings. The summed E-state index contributed by atoms with van der Waals surface area (Å²) in [5.41, 5.74) is 0.267. The minimum absolute atomic E-state index is 0.00316. The number of aromatic nitrogens is 2. The number of nitrogens with zero attached hydrogens (tertiary/aromatic N) is 1. The number of carboxylic acid groups (broad SMARTS) is 1. The Kier molecular flexibility index (Phi) is 15.4. The Morgan fingerprint density at radius 3 is 2.19 bits per heavy atom. The lowest BCUT2D eigenvalue weighted by Gasteiger charge is -2.37. The van der Waals surface area contributed by atoms with Gasteiger partial charge >= 0.3 is 19.7 Å². The van der Waals surface area contributed by atoms with Gasteiger partial charge in [-0.2, -0.15) is 0 Å². The Labute approximate surface area is 332 Å². The first-order valence-corrected chi connectivity index (χ1v) is 21.3. The molecule has 4 unspecified atom stereocenters. The van der Waals surface area contributed by atoms with Crippen molar-refractivity contribution in [1.29, 1.82) is 0 Å². The average molecular weight is 804 g/mol. The smallest absolute Gasteiger partial charge is 0.408 e. The molecule has 1 aromatic heterocycles. The second-order valence-corrected chi connectivity index (χ2v) is 17.2. The van der Waals surface area contributed by atoms with Gasteiger partial charge in [-0.1, -0.05) is 119 Å². The lowest BCUT2D eigenvalue weighted by molar-refractivity contribution is -0.143. The van der Waals surface area contributed by atoms with Crippen molar-refractivity contribution in [3.8, 4) is 0 Å². The fourth-order valence-electron chi connectivity index (χ4n) is 7.90. The van der Waals surface area contributed by atoms with Gasteiger partial charge in [0.05, 0.1) is 17.9 Å². The Hall–Kier alpha value is -5.04. The summed E-state index contributed by atoms with van der Waals surface area (Å²) in [5, 5.41) is 20.4. The maximum absolute atomic E-state index is 14.5. The molecule has 1 aliphatic rings. The van der Waals surface area contributed by atoms with Crippen LogP contribution in [0.2, 0.25) is 0 Å². The average Bonchev–Trinajstić information content (AvgIpc) is 3.70. The number of fused-ring (bicyclic) bond motifs is 1. The van der Waals surface area contributed by atoms with Crippen LogP contribution in [0.25, 0.3) is 10.8 Å². The van der Waals surface area contributed by atoms with E-state index >= 15 is 0 Å². The first kappa shape index (κ1) is 43.1. The van der Waals surface area contributed by atoms with E-state index in [1.807, 2.05) is 60.7 Å². The van der Waals surface area contributed by atoms with Gasteiger partial charge in [0.25, 0.3) is 0 Å². The molecule has 0 spiro atoms. The van der Waals surface area contributed by atoms with Gasteiger partial charge in [-0.25, -0.2) is 9.78 Å². The van der Waals surface area contributed by atoms with Crippen molar-refractivity contribution in [3.05, 3.63) is 102 Å². The van der Waals surface area contributed by atoms with Crippen molar-refractivity contribution in [2.24, 2.45) is 17.8 Å². The Bertz CT molecular complexity index is 1980. The van der Waals surface area contributed by atoms with Crippen LogP contribution in [0, 0.1) is 17.8 Å². The topological polar surface area (TPSA) is 220 Å². The van der Waals surface area contributed by atoms with Crippen LogP contribution in [0.4, 0.5) is 4.79 Å². The van der Waals surface area contributed by atoms with E-state index in [9.17, 15) is 38.6 Å². The normalized spacial score (nSPS) is 16.2. The second-order valence-electron chi connectivity index (χ2n) is 15.5. The van der Waals surface area contributed by atoms with Crippen molar-refractivity contribution in [3.63, 3.8) is 0 Å². The van der Waals surface area contributed by atoms with Crippen LogP contribution < -0.4 is 16.0 Å². The molecule has 15 heteroatoms. The second kappa shape index (κ2) is 20.4. The molecule has 0 aliphatic heterocycles. The van der Waals surface area contributed by atoms with E-state index in [1.54, 1.807) is 26.0 Å². The van der Waals surface area contributed by atoms with Gasteiger partial charge in [0.1, 0.15) is 18.7 Å². The molecule has 0 saturated heterocycles. The van der Waals surface area contributed by atoms with E-state index in [2.05, 4.69) is 25.9 Å². The number of rotatable bonds is 19. The summed E-state index contributed by atoms with van der Waals surface area (Å²) >= 11 is 0. The number of imidazole rings is 1. The Balaban J connectivity index is 1.45. The zero-order valence-electron chi connectivity index (χ0n) is 32.4. The van der Waals surface area contributed by atoms with Crippen molar-refractivity contribution in [1.82, 2.24) is 25.9 Å². The van der Waals surface area contributed by atoms with E-state index in [1.165, 1.54) is 12.5 Å². The summed E-state index contributed by atoms with van der Waals surface area (Å²) in [4.78, 5) is 83.2. The van der Waals surface area contributed by atoms with Crippen molar-refractivity contribution >= 4 is 42.2 Å². The summed E-state index contributed by atoms with van der Waals surface area (Å²) < 4.78 is 18.8.